The number of amides is 3. The van der Waals surface area contributed by atoms with E-state index in [9.17, 15) is 24.4 Å². The van der Waals surface area contributed by atoms with Crippen LogP contribution < -0.4 is 10.6 Å². The van der Waals surface area contributed by atoms with E-state index < -0.39 is 17.7 Å². The van der Waals surface area contributed by atoms with Crippen LogP contribution in [0.15, 0.2) is 57.9 Å². The summed E-state index contributed by atoms with van der Waals surface area (Å²) in [6, 6.07) is 14.6. The Balaban J connectivity index is 1.49. The number of likely N-dealkylation sites (tertiary alicyclic amines) is 2. The zero-order valence-corrected chi connectivity index (χ0v) is 25.0. The highest BCUT2D eigenvalue weighted by Gasteiger charge is 2.33. The van der Waals surface area contributed by atoms with E-state index in [0.29, 0.717) is 43.7 Å². The van der Waals surface area contributed by atoms with E-state index in [1.54, 1.807) is 40.1 Å². The van der Waals surface area contributed by atoms with Gasteiger partial charge in [0, 0.05) is 48.9 Å². The van der Waals surface area contributed by atoms with Gasteiger partial charge < -0.3 is 24.9 Å². The Morgan fingerprint density at radius 1 is 1.05 bits per heavy atom. The van der Waals surface area contributed by atoms with Crippen LogP contribution in [0.1, 0.15) is 58.6 Å². The number of amidine groups is 1. The number of rotatable bonds is 8. The molecule has 11 nitrogen and oxygen atoms in total. The fraction of sp³-hybridized carbons (Fsp3) is 0.394. The molecule has 1 aromatic heterocycles. The van der Waals surface area contributed by atoms with Gasteiger partial charge in [-0.05, 0) is 75.4 Å². The third-order valence-corrected chi connectivity index (χ3v) is 8.05. The lowest BCUT2D eigenvalue weighted by atomic mass is 9.95. The Bertz CT molecular complexity index is 1650. The summed E-state index contributed by atoms with van der Waals surface area (Å²) in [5, 5.41) is 16.8. The van der Waals surface area contributed by atoms with Crippen LogP contribution in [0.2, 0.25) is 0 Å². The second-order valence-corrected chi connectivity index (χ2v) is 11.2. The molecule has 1 unspecified atom stereocenters. The monoisotopic (exact) mass is 596 g/mol. The van der Waals surface area contributed by atoms with Crippen LogP contribution in [-0.2, 0) is 9.59 Å². The summed E-state index contributed by atoms with van der Waals surface area (Å²) in [6.45, 7) is 3.66. The molecule has 2 N–H and O–H groups in total. The number of nitrogens with one attached hydrogen (secondary N) is 2. The minimum atomic E-state index is -1.40. The number of benzene rings is 2. The average Bonchev–Trinajstić information content (AvgIpc) is 3.67. The van der Waals surface area contributed by atoms with Crippen molar-refractivity contribution in [1.29, 1.82) is 5.26 Å². The molecule has 228 valence electrons. The van der Waals surface area contributed by atoms with Gasteiger partial charge in [0.2, 0.25) is 11.8 Å². The SMILES string of the molecule is CNC(=O)c1cccc(C(=O)C(C#N)C(=N[C@H]2CCCCN(CC(=O)N3CCCC3)C2=O)Nc2ccc3oc(C)cc3c2)c1. The van der Waals surface area contributed by atoms with Crippen LogP contribution in [-0.4, -0.2) is 78.4 Å². The van der Waals surface area contributed by atoms with Crippen LogP contribution in [0.25, 0.3) is 11.0 Å². The Morgan fingerprint density at radius 3 is 2.55 bits per heavy atom. The Kier molecular flexibility index (Phi) is 9.38. The molecule has 2 aliphatic rings. The first-order valence-corrected chi connectivity index (χ1v) is 14.9. The molecule has 3 heterocycles. The van der Waals surface area contributed by atoms with E-state index in [4.69, 9.17) is 9.41 Å². The molecule has 0 saturated carbocycles. The van der Waals surface area contributed by atoms with Crippen LogP contribution in [0.3, 0.4) is 0 Å². The number of nitrogens with zero attached hydrogens (tertiary/aromatic N) is 4. The van der Waals surface area contributed by atoms with Gasteiger partial charge >= 0.3 is 0 Å². The van der Waals surface area contributed by atoms with E-state index >= 15 is 0 Å². The van der Waals surface area contributed by atoms with Crippen molar-refractivity contribution in [2.45, 2.75) is 45.1 Å². The first-order valence-electron chi connectivity index (χ1n) is 14.9. The molecule has 3 aromatic rings. The summed E-state index contributed by atoms with van der Waals surface area (Å²) < 4.78 is 5.68. The molecule has 2 aromatic carbocycles. The number of hydrogen-bond donors (Lipinski definition) is 2. The van der Waals surface area contributed by atoms with Gasteiger partial charge in [-0.15, -0.1) is 0 Å². The Labute approximate surface area is 255 Å². The molecular formula is C33H36N6O5. The number of nitriles is 1. The van der Waals surface area contributed by atoms with E-state index in [1.165, 1.54) is 13.1 Å². The molecule has 2 aliphatic heterocycles. The van der Waals surface area contributed by atoms with Gasteiger partial charge in [0.1, 0.15) is 23.2 Å². The van der Waals surface area contributed by atoms with Crippen molar-refractivity contribution in [3.8, 4) is 6.07 Å². The first-order chi connectivity index (χ1) is 21.3. The van der Waals surface area contributed by atoms with Crippen molar-refractivity contribution in [3.05, 3.63) is 65.4 Å². The Hall–Kier alpha value is -4.98. The maximum atomic E-state index is 13.8. The highest BCUT2D eigenvalue weighted by Crippen LogP contribution is 2.25. The van der Waals surface area contributed by atoms with Gasteiger partial charge in [-0.25, -0.2) is 0 Å². The normalized spacial score (nSPS) is 18.1. The molecule has 5 rings (SSSR count). The smallest absolute Gasteiger partial charge is 0.251 e. The second kappa shape index (κ2) is 13.5. The quantitative estimate of drug-likeness (QED) is 0.227. The van der Waals surface area contributed by atoms with Gasteiger partial charge in [-0.1, -0.05) is 12.1 Å². The second-order valence-electron chi connectivity index (χ2n) is 11.2. The number of carbonyl (C=O) groups excluding carboxylic acids is 4. The molecule has 0 radical (unpaired) electrons. The number of furan rings is 1. The van der Waals surface area contributed by atoms with Crippen LogP contribution >= 0.6 is 0 Å². The highest BCUT2D eigenvalue weighted by atomic mass is 16.3. The summed E-state index contributed by atoms with van der Waals surface area (Å²) in [7, 11) is 1.49. The number of carbonyl (C=O) groups is 4. The number of Topliss-reactive ketones (excluding diaryl/α,β-unsaturated/α-hetero) is 1. The topological polar surface area (TPSA) is 148 Å². The zero-order chi connectivity index (χ0) is 31.2. The minimum Gasteiger partial charge on any atom is -0.461 e. The van der Waals surface area contributed by atoms with Gasteiger partial charge in [0.15, 0.2) is 11.7 Å². The number of ketones is 1. The van der Waals surface area contributed by atoms with Crippen LogP contribution in [0, 0.1) is 24.2 Å². The molecule has 2 atom stereocenters. The number of anilines is 1. The molecular weight excluding hydrogens is 560 g/mol. The third kappa shape index (κ3) is 6.80. The minimum absolute atomic E-state index is 0.0168. The number of hydrogen-bond acceptors (Lipinski definition) is 7. The van der Waals surface area contributed by atoms with Crippen molar-refractivity contribution in [2.24, 2.45) is 10.9 Å². The van der Waals surface area contributed by atoms with E-state index in [0.717, 1.165) is 30.4 Å². The lowest BCUT2D eigenvalue weighted by molar-refractivity contribution is -0.140. The lowest BCUT2D eigenvalue weighted by Crippen LogP contribution is -2.45. The van der Waals surface area contributed by atoms with Crippen molar-refractivity contribution in [3.63, 3.8) is 0 Å². The molecule has 2 saturated heterocycles. The summed E-state index contributed by atoms with van der Waals surface area (Å²) in [5.41, 5.74) is 1.69. The van der Waals surface area contributed by atoms with Crippen LogP contribution in [0.5, 0.6) is 0 Å². The van der Waals surface area contributed by atoms with Gasteiger partial charge in [0.05, 0.1) is 12.6 Å². The Morgan fingerprint density at radius 2 is 1.80 bits per heavy atom. The molecule has 0 spiro atoms. The number of aryl methyl sites for hydroxylation is 1. The molecule has 0 aliphatic carbocycles. The summed E-state index contributed by atoms with van der Waals surface area (Å²) in [5.74, 6) is -1.95. The maximum absolute atomic E-state index is 13.8. The van der Waals surface area contributed by atoms with Crippen LogP contribution in [0.4, 0.5) is 5.69 Å². The molecule has 2 fully saturated rings. The lowest BCUT2D eigenvalue weighted by Gasteiger charge is -2.25. The zero-order valence-electron chi connectivity index (χ0n) is 25.0. The molecule has 3 amide bonds. The average molecular weight is 597 g/mol. The van der Waals surface area contributed by atoms with Crippen molar-refractivity contribution < 1.29 is 23.6 Å². The van der Waals surface area contributed by atoms with Crippen molar-refractivity contribution in [2.75, 3.05) is 38.5 Å². The first kappa shape index (κ1) is 30.5. The van der Waals surface area contributed by atoms with E-state index in [1.807, 2.05) is 19.1 Å². The van der Waals surface area contributed by atoms with Gasteiger partial charge in [-0.3, -0.25) is 24.2 Å². The summed E-state index contributed by atoms with van der Waals surface area (Å²) >= 11 is 0. The number of fused-ring (bicyclic) bond motifs is 1. The maximum Gasteiger partial charge on any atom is 0.251 e. The van der Waals surface area contributed by atoms with Crippen molar-refractivity contribution >= 4 is 46.0 Å². The summed E-state index contributed by atoms with van der Waals surface area (Å²) in [4.78, 5) is 60.8. The summed E-state index contributed by atoms with van der Waals surface area (Å²) in [6.07, 6.45) is 3.75. The molecule has 11 heteroatoms. The predicted octanol–water partition coefficient (Wildman–Crippen LogP) is 3.94. The largest absolute Gasteiger partial charge is 0.461 e. The predicted molar refractivity (Wildman–Crippen MR) is 165 cm³/mol. The fourth-order valence-corrected chi connectivity index (χ4v) is 5.71. The van der Waals surface area contributed by atoms with Gasteiger partial charge in [0.25, 0.3) is 5.91 Å². The van der Waals surface area contributed by atoms with Gasteiger partial charge in [-0.2, -0.15) is 5.26 Å². The molecule has 44 heavy (non-hydrogen) atoms. The third-order valence-electron chi connectivity index (χ3n) is 8.05. The number of aliphatic imine (C=N–C) groups is 1. The highest BCUT2D eigenvalue weighted by molar-refractivity contribution is 6.18. The fourth-order valence-electron chi connectivity index (χ4n) is 5.71. The van der Waals surface area contributed by atoms with E-state index in [-0.39, 0.29) is 41.2 Å². The van der Waals surface area contributed by atoms with E-state index in [2.05, 4.69) is 16.7 Å². The standard InChI is InChI=1S/C33H36N6O5/c1-21-16-24-18-25(11-12-28(24)44-21)36-31(26(19-34)30(41)22-8-7-9-23(17-22)32(42)35-2)37-27-10-3-4-15-39(33(27)43)20-29(40)38-13-5-6-14-38/h7-9,11-12,16-18,26-27H,3-6,10,13-15,20H2,1-2H3,(H,35,42)(H,36,37)/t26?,27-/m0/s1. The molecule has 0 bridgehead atoms. The van der Waals surface area contributed by atoms with Crippen molar-refractivity contribution in [1.82, 2.24) is 15.1 Å².